The highest BCUT2D eigenvalue weighted by Gasteiger charge is 2.43. The molecule has 4 heteroatoms. The zero-order valence-electron chi connectivity index (χ0n) is 19.1. The first kappa shape index (κ1) is 25.5. The van der Waals surface area contributed by atoms with Crippen molar-refractivity contribution in [3.8, 4) is 0 Å². The van der Waals surface area contributed by atoms with Crippen LogP contribution in [0.4, 0.5) is 11.4 Å². The first-order valence-electron chi connectivity index (χ1n) is 10.7. The van der Waals surface area contributed by atoms with E-state index in [1.54, 1.807) is 0 Å². The fourth-order valence-corrected chi connectivity index (χ4v) is 5.02. The molecular formula is C26H34I2N2. The Balaban J connectivity index is 0.00000160. The highest BCUT2D eigenvalue weighted by molar-refractivity contribution is 5.93. The summed E-state index contributed by atoms with van der Waals surface area (Å²) in [4.78, 5) is 0. The number of fused-ring (bicyclic) bond motifs is 2. The summed E-state index contributed by atoms with van der Waals surface area (Å²) < 4.78 is 5.10. The van der Waals surface area contributed by atoms with E-state index in [2.05, 4.69) is 99.2 Å². The van der Waals surface area contributed by atoms with Crippen molar-refractivity contribution in [1.82, 2.24) is 0 Å². The van der Waals surface area contributed by atoms with Crippen molar-refractivity contribution in [2.45, 2.75) is 65.2 Å². The first-order valence-corrected chi connectivity index (χ1v) is 10.7. The molecule has 0 saturated heterocycles. The van der Waals surface area contributed by atoms with Crippen molar-refractivity contribution >= 4 is 22.8 Å². The predicted molar refractivity (Wildman–Crippen MR) is 119 cm³/mol. The SMILES string of the molecule is CC1=[N+](CCCC[N+]2=C(C)C(C)(C)c3ccccc32)c2ccccc2C1(C)C.[I-].[I-]. The summed E-state index contributed by atoms with van der Waals surface area (Å²) >= 11 is 0. The second kappa shape index (κ2) is 9.39. The van der Waals surface area contributed by atoms with Gasteiger partial charge in [-0.25, -0.2) is 0 Å². The maximum atomic E-state index is 2.55. The van der Waals surface area contributed by atoms with Gasteiger partial charge in [-0.3, -0.25) is 0 Å². The molecule has 2 aliphatic rings. The van der Waals surface area contributed by atoms with Crippen molar-refractivity contribution in [1.29, 1.82) is 0 Å². The van der Waals surface area contributed by atoms with E-state index < -0.39 is 0 Å². The van der Waals surface area contributed by atoms with Gasteiger partial charge in [0, 0.05) is 49.9 Å². The molecule has 0 unspecified atom stereocenters. The fraction of sp³-hybridized carbons (Fsp3) is 0.462. The van der Waals surface area contributed by atoms with Crippen LogP contribution in [-0.4, -0.2) is 33.7 Å². The minimum Gasteiger partial charge on any atom is -1.00 e. The average Bonchev–Trinajstić information content (AvgIpc) is 3.00. The summed E-state index contributed by atoms with van der Waals surface area (Å²) in [5.41, 5.74) is 8.96. The van der Waals surface area contributed by atoms with E-state index in [0.717, 1.165) is 13.1 Å². The molecule has 0 spiro atoms. The zero-order chi connectivity index (χ0) is 20.1. The Labute approximate surface area is 216 Å². The van der Waals surface area contributed by atoms with Crippen LogP contribution in [0.2, 0.25) is 0 Å². The molecule has 0 aromatic heterocycles. The number of unbranched alkanes of at least 4 members (excludes halogenated alkanes) is 1. The number of hydrogen-bond acceptors (Lipinski definition) is 0. The third kappa shape index (κ3) is 4.03. The van der Waals surface area contributed by atoms with Gasteiger partial charge < -0.3 is 48.0 Å². The van der Waals surface area contributed by atoms with Gasteiger partial charge >= 0.3 is 0 Å². The van der Waals surface area contributed by atoms with Crippen molar-refractivity contribution < 1.29 is 57.1 Å². The van der Waals surface area contributed by atoms with Gasteiger partial charge in [-0.05, 0) is 27.7 Å². The van der Waals surface area contributed by atoms with E-state index >= 15 is 0 Å². The van der Waals surface area contributed by atoms with Crippen molar-refractivity contribution in [3.63, 3.8) is 0 Å². The number of hydrogen-bond donors (Lipinski definition) is 0. The van der Waals surface area contributed by atoms with Gasteiger partial charge in [0.1, 0.15) is 13.1 Å². The standard InChI is InChI=1S/C26H34N2.2HI/c1-19-25(3,4)21-13-7-9-15-23(21)27(19)17-11-12-18-28-20(2)26(5,6)22-14-8-10-16-24(22)28;;/h7-10,13-16H,11-12,17-18H2,1-6H3;2*1H/q+2;;/p-2. The monoisotopic (exact) mass is 628 g/mol. The third-order valence-electron chi connectivity index (χ3n) is 7.37. The average molecular weight is 628 g/mol. The van der Waals surface area contributed by atoms with Crippen LogP contribution in [0.3, 0.4) is 0 Å². The van der Waals surface area contributed by atoms with Gasteiger partial charge in [0.2, 0.25) is 11.4 Å². The Bertz CT molecular complexity index is 918. The van der Waals surface area contributed by atoms with Gasteiger partial charge in [0.25, 0.3) is 0 Å². The van der Waals surface area contributed by atoms with E-state index in [-0.39, 0.29) is 58.8 Å². The maximum absolute atomic E-state index is 2.55. The number of benzene rings is 2. The molecule has 162 valence electrons. The number of rotatable bonds is 5. The third-order valence-corrected chi connectivity index (χ3v) is 7.37. The molecule has 0 radical (unpaired) electrons. The normalized spacial score (nSPS) is 17.9. The van der Waals surface area contributed by atoms with Gasteiger partial charge in [0.05, 0.1) is 10.8 Å². The molecule has 0 aliphatic carbocycles. The van der Waals surface area contributed by atoms with E-state index in [1.165, 1.54) is 46.8 Å². The van der Waals surface area contributed by atoms with Crippen molar-refractivity contribution in [3.05, 3.63) is 59.7 Å². The molecule has 4 rings (SSSR count). The molecule has 0 N–H and O–H groups in total. The lowest BCUT2D eigenvalue weighted by molar-refractivity contribution is -0.452. The molecular weight excluding hydrogens is 594 g/mol. The summed E-state index contributed by atoms with van der Waals surface area (Å²) in [5, 5.41) is 0. The smallest absolute Gasteiger partial charge is 0.209 e. The molecule has 30 heavy (non-hydrogen) atoms. The molecule has 2 aromatic rings. The summed E-state index contributed by atoms with van der Waals surface area (Å²) in [6.45, 7) is 16.2. The molecule has 0 saturated carbocycles. The quantitative estimate of drug-likeness (QED) is 0.250. The van der Waals surface area contributed by atoms with Crippen molar-refractivity contribution in [2.24, 2.45) is 0 Å². The van der Waals surface area contributed by atoms with Crippen molar-refractivity contribution in [2.75, 3.05) is 13.1 Å². The van der Waals surface area contributed by atoms with Crippen LogP contribution in [-0.2, 0) is 10.8 Å². The van der Waals surface area contributed by atoms with Gasteiger partial charge in [0.15, 0.2) is 11.4 Å². The molecule has 2 heterocycles. The second-order valence-corrected chi connectivity index (χ2v) is 9.47. The molecule has 2 aliphatic heterocycles. The highest BCUT2D eigenvalue weighted by Crippen LogP contribution is 2.40. The van der Waals surface area contributed by atoms with Gasteiger partial charge in [-0.15, -0.1) is 0 Å². The lowest BCUT2D eigenvalue weighted by atomic mass is 9.82. The van der Waals surface area contributed by atoms with Crippen LogP contribution >= 0.6 is 0 Å². The fourth-order valence-electron chi connectivity index (χ4n) is 5.02. The van der Waals surface area contributed by atoms with Crippen LogP contribution < -0.4 is 48.0 Å². The van der Waals surface area contributed by atoms with Crippen LogP contribution in [0.25, 0.3) is 0 Å². The predicted octanol–water partition coefficient (Wildman–Crippen LogP) is -0.0328. The number of nitrogens with zero attached hydrogens (tertiary/aromatic N) is 2. The van der Waals surface area contributed by atoms with Crippen LogP contribution in [0.1, 0.15) is 65.5 Å². The second-order valence-electron chi connectivity index (χ2n) is 9.47. The minimum absolute atomic E-state index is 0. The van der Waals surface area contributed by atoms with Gasteiger partial charge in [-0.1, -0.05) is 36.4 Å². The summed E-state index contributed by atoms with van der Waals surface area (Å²) in [7, 11) is 0. The number of para-hydroxylation sites is 2. The highest BCUT2D eigenvalue weighted by atomic mass is 127. The molecule has 2 nitrogen and oxygen atoms in total. The Kier molecular flexibility index (Phi) is 7.98. The van der Waals surface area contributed by atoms with E-state index in [1.807, 2.05) is 0 Å². The Hall–Kier alpha value is -0.760. The van der Waals surface area contributed by atoms with Gasteiger partial charge in [-0.2, -0.15) is 9.15 Å². The van der Waals surface area contributed by atoms with Crippen LogP contribution in [0, 0.1) is 0 Å². The molecule has 2 aromatic carbocycles. The number of halogens is 2. The summed E-state index contributed by atoms with van der Waals surface area (Å²) in [5.74, 6) is 0. The van der Waals surface area contributed by atoms with E-state index in [9.17, 15) is 0 Å². The van der Waals surface area contributed by atoms with E-state index in [4.69, 9.17) is 0 Å². The molecule has 0 fully saturated rings. The topological polar surface area (TPSA) is 6.02 Å². The Morgan fingerprint density at radius 2 is 0.933 bits per heavy atom. The van der Waals surface area contributed by atoms with E-state index in [0.29, 0.717) is 0 Å². The lowest BCUT2D eigenvalue weighted by Gasteiger charge is -2.14. The maximum Gasteiger partial charge on any atom is 0.209 e. The van der Waals surface area contributed by atoms with Crippen LogP contribution in [0.5, 0.6) is 0 Å². The van der Waals surface area contributed by atoms with Crippen LogP contribution in [0.15, 0.2) is 48.5 Å². The largest absolute Gasteiger partial charge is 1.00 e. The zero-order valence-corrected chi connectivity index (χ0v) is 23.4. The Morgan fingerprint density at radius 3 is 1.30 bits per heavy atom. The first-order chi connectivity index (χ1) is 13.3. The summed E-state index contributed by atoms with van der Waals surface area (Å²) in [6, 6.07) is 17.8. The molecule has 0 atom stereocenters. The molecule has 0 bridgehead atoms. The Morgan fingerprint density at radius 1 is 0.600 bits per heavy atom. The minimum atomic E-state index is 0. The molecule has 0 amide bonds. The summed E-state index contributed by atoms with van der Waals surface area (Å²) in [6.07, 6.45) is 2.41. The lowest BCUT2D eigenvalue weighted by Crippen LogP contribution is -3.00.